The van der Waals surface area contributed by atoms with Gasteiger partial charge >= 0.3 is 0 Å². The van der Waals surface area contributed by atoms with Crippen molar-refractivity contribution in [3.8, 4) is 0 Å². The van der Waals surface area contributed by atoms with Gasteiger partial charge in [0.2, 0.25) is 17.7 Å². The number of amides is 3. The lowest BCUT2D eigenvalue weighted by Gasteiger charge is -2.31. The molecule has 0 aliphatic carbocycles. The fraction of sp³-hybridized carbons (Fsp3) is 0.559. The third kappa shape index (κ3) is 22.0. The summed E-state index contributed by atoms with van der Waals surface area (Å²) in [4.78, 5) is 36.7. The summed E-state index contributed by atoms with van der Waals surface area (Å²) < 4.78 is -0.521. The number of allylic oxidation sites excluding steroid dienone is 12. The molecule has 0 saturated carbocycles. The second kappa shape index (κ2) is 26.8. The molecular formula is C34H55N3O5S2. The first kappa shape index (κ1) is 41.5. The van der Waals surface area contributed by atoms with Crippen LogP contribution in [0.1, 0.15) is 79.1 Å². The van der Waals surface area contributed by atoms with Crippen LogP contribution < -0.4 is 16.4 Å². The first-order valence-electron chi connectivity index (χ1n) is 15.4. The van der Waals surface area contributed by atoms with Crippen molar-refractivity contribution >= 4 is 39.3 Å². The van der Waals surface area contributed by atoms with E-state index in [1.807, 2.05) is 26.0 Å². The van der Waals surface area contributed by atoms with Crippen molar-refractivity contribution in [1.29, 1.82) is 0 Å². The van der Waals surface area contributed by atoms with E-state index in [4.69, 9.17) is 5.73 Å². The van der Waals surface area contributed by atoms with Crippen LogP contribution in [-0.2, 0) is 14.4 Å². The zero-order valence-corrected chi connectivity index (χ0v) is 28.6. The lowest BCUT2D eigenvalue weighted by atomic mass is 9.96. The quantitative estimate of drug-likeness (QED) is 0.0631. The van der Waals surface area contributed by atoms with Crippen LogP contribution in [0.15, 0.2) is 72.9 Å². The van der Waals surface area contributed by atoms with Crippen molar-refractivity contribution in [2.24, 2.45) is 11.7 Å². The summed E-state index contributed by atoms with van der Waals surface area (Å²) in [6.07, 6.45) is 32.1. The number of rotatable bonds is 25. The number of hydrogen-bond donors (Lipinski definition) is 5. The topological polar surface area (TPSA) is 142 Å². The van der Waals surface area contributed by atoms with Crippen molar-refractivity contribution in [1.82, 2.24) is 10.6 Å². The average Bonchev–Trinajstić information content (AvgIpc) is 2.99. The molecule has 248 valence electrons. The lowest BCUT2D eigenvalue weighted by Crippen LogP contribution is -2.47. The number of aliphatic hydroxyl groups excluding tert-OH is 2. The molecule has 0 aliphatic heterocycles. The first-order chi connectivity index (χ1) is 21.1. The largest absolute Gasteiger partial charge is 0.394 e. The van der Waals surface area contributed by atoms with Crippen LogP contribution in [0.25, 0.3) is 0 Å². The zero-order valence-electron chi connectivity index (χ0n) is 27.0. The third-order valence-corrected chi connectivity index (χ3v) is 9.97. The van der Waals surface area contributed by atoms with E-state index in [1.54, 1.807) is 6.92 Å². The van der Waals surface area contributed by atoms with Crippen LogP contribution in [0.2, 0.25) is 0 Å². The molecule has 0 fully saturated rings. The summed E-state index contributed by atoms with van der Waals surface area (Å²) in [7, 11) is 2.77. The number of nitrogens with one attached hydrogen (secondary N) is 2. The monoisotopic (exact) mass is 649 g/mol. The minimum Gasteiger partial charge on any atom is -0.394 e. The maximum Gasteiger partial charge on any atom is 0.240 e. The van der Waals surface area contributed by atoms with Gasteiger partial charge in [-0.25, -0.2) is 0 Å². The fourth-order valence-electron chi connectivity index (χ4n) is 3.43. The Bertz CT molecular complexity index is 985. The Morgan fingerprint density at radius 1 is 0.773 bits per heavy atom. The molecular weight excluding hydrogens is 595 g/mol. The van der Waals surface area contributed by atoms with Crippen molar-refractivity contribution in [3.05, 3.63) is 72.9 Å². The van der Waals surface area contributed by atoms with E-state index in [2.05, 4.69) is 78.3 Å². The number of primary amides is 1. The van der Waals surface area contributed by atoms with Crippen molar-refractivity contribution in [3.63, 3.8) is 0 Å². The molecule has 0 heterocycles. The number of aliphatic hydroxyl groups is 2. The van der Waals surface area contributed by atoms with Crippen LogP contribution >= 0.6 is 21.6 Å². The smallest absolute Gasteiger partial charge is 0.240 e. The number of carbonyl (C=O) groups is 3. The summed E-state index contributed by atoms with van der Waals surface area (Å²) in [6.45, 7) is 6.99. The minimum absolute atomic E-state index is 0.245. The van der Waals surface area contributed by atoms with Crippen LogP contribution in [0, 0.1) is 5.92 Å². The summed E-state index contributed by atoms with van der Waals surface area (Å²) in [6, 6.07) is -1.53. The summed E-state index contributed by atoms with van der Waals surface area (Å²) in [5, 5.41) is 23.7. The maximum atomic E-state index is 12.5. The molecule has 8 nitrogen and oxygen atoms in total. The van der Waals surface area contributed by atoms with Crippen LogP contribution in [-0.4, -0.2) is 63.7 Å². The second-order valence-corrected chi connectivity index (χ2v) is 13.7. The molecule has 0 unspecified atom stereocenters. The van der Waals surface area contributed by atoms with Gasteiger partial charge in [0.05, 0.1) is 25.2 Å². The van der Waals surface area contributed by atoms with Crippen molar-refractivity contribution in [2.45, 2.75) is 95.9 Å². The first-order valence-corrected chi connectivity index (χ1v) is 17.7. The van der Waals surface area contributed by atoms with E-state index >= 15 is 0 Å². The average molecular weight is 650 g/mol. The molecule has 0 aliphatic rings. The third-order valence-electron chi connectivity index (χ3n) is 6.54. The minimum atomic E-state index is -0.821. The Kier molecular flexibility index (Phi) is 25.3. The molecule has 0 aromatic carbocycles. The Labute approximate surface area is 273 Å². The highest BCUT2D eigenvalue weighted by molar-refractivity contribution is 8.77. The van der Waals surface area contributed by atoms with Crippen LogP contribution in [0.3, 0.4) is 0 Å². The fourth-order valence-corrected chi connectivity index (χ4v) is 6.40. The Balaban J connectivity index is 4.24. The van der Waals surface area contributed by atoms with E-state index in [9.17, 15) is 24.6 Å². The highest BCUT2D eigenvalue weighted by Gasteiger charge is 2.33. The van der Waals surface area contributed by atoms with Gasteiger partial charge in [0.25, 0.3) is 0 Å². The van der Waals surface area contributed by atoms with Gasteiger partial charge in [-0.15, -0.1) is 0 Å². The van der Waals surface area contributed by atoms with E-state index in [1.165, 1.54) is 21.6 Å². The normalized spacial score (nSPS) is 14.2. The molecule has 10 heteroatoms. The zero-order chi connectivity index (χ0) is 33.1. The lowest BCUT2D eigenvalue weighted by molar-refractivity contribution is -0.126. The van der Waals surface area contributed by atoms with Crippen LogP contribution in [0.4, 0.5) is 0 Å². The SMILES string of the molecule is CC/C=C\C/C=C\C/C=C\C/C=C\C/C=C\C/C=C\CCC(=O)N[C@@H](CSSC(C)(C)[C@H](C)C(=O)NC(CO)CO)C(N)=O. The van der Waals surface area contributed by atoms with Gasteiger partial charge < -0.3 is 26.6 Å². The Morgan fingerprint density at radius 2 is 1.23 bits per heavy atom. The molecule has 6 N–H and O–H groups in total. The van der Waals surface area contributed by atoms with Gasteiger partial charge in [-0.05, 0) is 58.8 Å². The molecule has 3 amide bonds. The van der Waals surface area contributed by atoms with Gasteiger partial charge in [0.1, 0.15) is 6.04 Å². The molecule has 0 spiro atoms. The Hall–Kier alpha value is -2.53. The second-order valence-electron chi connectivity index (χ2n) is 10.7. The molecule has 0 rings (SSSR count). The predicted molar refractivity (Wildman–Crippen MR) is 188 cm³/mol. The Morgan fingerprint density at radius 3 is 1.66 bits per heavy atom. The molecule has 2 atom stereocenters. The van der Waals surface area contributed by atoms with Gasteiger partial charge in [-0.1, -0.05) is 108 Å². The maximum absolute atomic E-state index is 12.5. The molecule has 0 radical (unpaired) electrons. The summed E-state index contributed by atoms with van der Waals surface area (Å²) in [5.41, 5.74) is 5.51. The molecule has 0 aromatic heterocycles. The van der Waals surface area contributed by atoms with E-state index in [0.29, 0.717) is 6.42 Å². The molecule has 0 saturated heterocycles. The summed E-state index contributed by atoms with van der Waals surface area (Å²) in [5.74, 6) is -1.32. The number of hydrogen-bond acceptors (Lipinski definition) is 7. The van der Waals surface area contributed by atoms with Crippen LogP contribution in [0.5, 0.6) is 0 Å². The van der Waals surface area contributed by atoms with Gasteiger partial charge in [0, 0.05) is 16.9 Å². The summed E-state index contributed by atoms with van der Waals surface area (Å²) >= 11 is 0. The van der Waals surface area contributed by atoms with Crippen molar-refractivity contribution in [2.75, 3.05) is 19.0 Å². The van der Waals surface area contributed by atoms with E-state index < -0.39 is 28.7 Å². The standard InChI is InChI=1S/C34H55N3O5S2/c1-5-6-7-8-9-10-11-12-13-14-15-16-17-18-19-20-21-22-23-24-31(40)37-30(32(35)41)27-43-44-34(3,4)28(2)33(42)36-29(25-38)26-39/h6-7,9-10,12-13,15-16,18-19,21-22,28-30,38-39H,5,8,11,14,17,20,23-27H2,1-4H3,(H2,35,41)(H,36,42)(H,37,40)/b7-6-,10-9-,13-12-,16-15-,19-18-,22-21-/t28-,30+/m1/s1. The molecule has 0 aromatic rings. The molecule has 0 bridgehead atoms. The highest BCUT2D eigenvalue weighted by atomic mass is 33.1. The van der Waals surface area contributed by atoms with Gasteiger partial charge in [-0.2, -0.15) is 0 Å². The predicted octanol–water partition coefficient (Wildman–Crippen LogP) is 5.70. The van der Waals surface area contributed by atoms with E-state index in [0.717, 1.165) is 38.5 Å². The van der Waals surface area contributed by atoms with Gasteiger partial charge in [0.15, 0.2) is 0 Å². The number of nitrogens with two attached hydrogens (primary N) is 1. The van der Waals surface area contributed by atoms with E-state index in [-0.39, 0.29) is 37.2 Å². The van der Waals surface area contributed by atoms with Gasteiger partial charge in [-0.3, -0.25) is 14.4 Å². The molecule has 44 heavy (non-hydrogen) atoms. The highest BCUT2D eigenvalue weighted by Crippen LogP contribution is 2.41. The number of carbonyl (C=O) groups excluding carboxylic acids is 3. The van der Waals surface area contributed by atoms with Crippen molar-refractivity contribution < 1.29 is 24.6 Å².